The van der Waals surface area contributed by atoms with Crippen molar-refractivity contribution >= 4 is 21.6 Å². The number of methoxy groups -OCH3 is 5. The molecule has 1 N–H and O–H groups in total. The second kappa shape index (κ2) is 12.6. The van der Waals surface area contributed by atoms with Gasteiger partial charge in [0.1, 0.15) is 6.54 Å². The number of anilines is 1. The lowest BCUT2D eigenvalue weighted by Crippen LogP contribution is -2.40. The normalized spacial score (nSPS) is 10.9. The Labute approximate surface area is 229 Å². The van der Waals surface area contributed by atoms with Crippen LogP contribution >= 0.6 is 0 Å². The van der Waals surface area contributed by atoms with E-state index < -0.39 is 22.5 Å². The molecule has 0 saturated heterocycles. The van der Waals surface area contributed by atoms with Gasteiger partial charge in [-0.3, -0.25) is 9.10 Å². The van der Waals surface area contributed by atoms with Crippen LogP contribution in [0.2, 0.25) is 0 Å². The molecule has 210 valence electrons. The molecular formula is C28H34N2O8S. The summed E-state index contributed by atoms with van der Waals surface area (Å²) < 4.78 is 55.5. The molecule has 3 rings (SSSR count). The predicted octanol–water partition coefficient (Wildman–Crippen LogP) is 3.86. The number of hydrogen-bond donors (Lipinski definition) is 1. The average molecular weight is 559 g/mol. The second-order valence-corrected chi connectivity index (χ2v) is 10.5. The van der Waals surface area contributed by atoms with E-state index in [9.17, 15) is 13.2 Å². The number of nitrogens with zero attached hydrogens (tertiary/aromatic N) is 1. The van der Waals surface area contributed by atoms with Crippen molar-refractivity contribution in [1.29, 1.82) is 0 Å². The number of aryl methyl sites for hydroxylation is 2. The molecule has 0 aromatic heterocycles. The molecule has 39 heavy (non-hydrogen) atoms. The third kappa shape index (κ3) is 6.66. The highest BCUT2D eigenvalue weighted by Crippen LogP contribution is 2.38. The van der Waals surface area contributed by atoms with Crippen LogP contribution in [0.15, 0.2) is 53.4 Å². The van der Waals surface area contributed by atoms with Crippen molar-refractivity contribution < 1.29 is 36.9 Å². The standard InChI is InChI=1S/C28H34N2O8S/c1-18-10-19(2)12-21(11-18)30(39(32,33)22-8-9-23(34-3)24(15-22)35-4)17-27(31)29-16-20-13-25(36-5)28(38-7)26(14-20)37-6/h8-15H,16-17H2,1-7H3,(H,29,31). The number of carbonyl (C=O) groups excluding carboxylic acids is 1. The third-order valence-electron chi connectivity index (χ3n) is 5.94. The molecule has 0 spiro atoms. The number of nitrogens with one attached hydrogen (secondary N) is 1. The Morgan fingerprint density at radius 2 is 1.31 bits per heavy atom. The lowest BCUT2D eigenvalue weighted by Gasteiger charge is -2.25. The van der Waals surface area contributed by atoms with E-state index in [0.29, 0.717) is 34.2 Å². The fourth-order valence-corrected chi connectivity index (χ4v) is 5.56. The molecule has 0 heterocycles. The number of hydrogen-bond acceptors (Lipinski definition) is 8. The summed E-state index contributed by atoms with van der Waals surface area (Å²) in [7, 11) is 3.22. The van der Waals surface area contributed by atoms with Gasteiger partial charge in [0.15, 0.2) is 23.0 Å². The van der Waals surface area contributed by atoms with Crippen molar-refractivity contribution in [3.63, 3.8) is 0 Å². The molecule has 0 atom stereocenters. The number of benzene rings is 3. The maximum Gasteiger partial charge on any atom is 0.264 e. The quantitative estimate of drug-likeness (QED) is 0.357. The van der Waals surface area contributed by atoms with Gasteiger partial charge in [-0.05, 0) is 66.9 Å². The topological polar surface area (TPSA) is 113 Å². The zero-order chi connectivity index (χ0) is 28.7. The number of sulfonamides is 1. The van der Waals surface area contributed by atoms with E-state index in [-0.39, 0.29) is 17.2 Å². The summed E-state index contributed by atoms with van der Waals surface area (Å²) in [4.78, 5) is 13.1. The highest BCUT2D eigenvalue weighted by atomic mass is 32.2. The Hall–Kier alpha value is -4.12. The molecule has 0 fully saturated rings. The molecule has 0 bridgehead atoms. The van der Waals surface area contributed by atoms with E-state index in [1.54, 1.807) is 24.3 Å². The summed E-state index contributed by atoms with van der Waals surface area (Å²) >= 11 is 0. The predicted molar refractivity (Wildman–Crippen MR) is 148 cm³/mol. The first-order valence-electron chi connectivity index (χ1n) is 12.0. The van der Waals surface area contributed by atoms with Crippen LogP contribution in [0, 0.1) is 13.8 Å². The molecule has 0 saturated carbocycles. The number of ether oxygens (including phenoxy) is 5. The van der Waals surface area contributed by atoms with Crippen LogP contribution in [0.4, 0.5) is 5.69 Å². The van der Waals surface area contributed by atoms with Crippen LogP contribution in [-0.4, -0.2) is 56.4 Å². The highest BCUT2D eigenvalue weighted by molar-refractivity contribution is 7.92. The zero-order valence-corrected chi connectivity index (χ0v) is 24.0. The molecule has 0 radical (unpaired) electrons. The Balaban J connectivity index is 1.94. The largest absolute Gasteiger partial charge is 0.493 e. The summed E-state index contributed by atoms with van der Waals surface area (Å²) in [6, 6.07) is 13.1. The maximum absolute atomic E-state index is 13.9. The first kappa shape index (κ1) is 29.4. The second-order valence-electron chi connectivity index (χ2n) is 8.68. The molecule has 1 amide bonds. The first-order chi connectivity index (χ1) is 18.6. The van der Waals surface area contributed by atoms with Crippen molar-refractivity contribution in [1.82, 2.24) is 5.32 Å². The highest BCUT2D eigenvalue weighted by Gasteiger charge is 2.29. The average Bonchev–Trinajstić information content (AvgIpc) is 2.92. The lowest BCUT2D eigenvalue weighted by molar-refractivity contribution is -0.119. The number of rotatable bonds is 12. The van der Waals surface area contributed by atoms with Gasteiger partial charge in [-0.15, -0.1) is 0 Å². The first-order valence-corrected chi connectivity index (χ1v) is 13.4. The summed E-state index contributed by atoms with van der Waals surface area (Å²) in [5.74, 6) is 1.44. The Morgan fingerprint density at radius 3 is 1.82 bits per heavy atom. The molecule has 0 aliphatic rings. The number of amides is 1. The Morgan fingerprint density at radius 1 is 0.744 bits per heavy atom. The van der Waals surface area contributed by atoms with Gasteiger partial charge < -0.3 is 29.0 Å². The van der Waals surface area contributed by atoms with E-state index in [1.807, 2.05) is 19.9 Å². The maximum atomic E-state index is 13.9. The van der Waals surface area contributed by atoms with E-state index in [4.69, 9.17) is 23.7 Å². The molecule has 10 nitrogen and oxygen atoms in total. The van der Waals surface area contributed by atoms with Crippen LogP contribution < -0.4 is 33.3 Å². The van der Waals surface area contributed by atoms with Crippen LogP contribution in [0.1, 0.15) is 16.7 Å². The summed E-state index contributed by atoms with van der Waals surface area (Å²) in [5, 5.41) is 2.79. The minimum atomic E-state index is -4.17. The van der Waals surface area contributed by atoms with E-state index in [0.717, 1.165) is 15.4 Å². The molecule has 3 aromatic carbocycles. The fourth-order valence-electron chi connectivity index (χ4n) is 4.14. The van der Waals surface area contributed by atoms with Gasteiger partial charge in [0.2, 0.25) is 11.7 Å². The van der Waals surface area contributed by atoms with Crippen molar-refractivity contribution in [2.75, 3.05) is 46.4 Å². The van der Waals surface area contributed by atoms with Crippen molar-refractivity contribution in [3.8, 4) is 28.7 Å². The molecule has 11 heteroatoms. The summed E-state index contributed by atoms with van der Waals surface area (Å²) in [6.45, 7) is 3.38. The van der Waals surface area contributed by atoms with Gasteiger partial charge in [0, 0.05) is 12.6 Å². The molecule has 0 aliphatic heterocycles. The molecule has 0 unspecified atom stereocenters. The lowest BCUT2D eigenvalue weighted by atomic mass is 10.1. The summed E-state index contributed by atoms with van der Waals surface area (Å²) in [5.41, 5.74) is 2.76. The van der Waals surface area contributed by atoms with Gasteiger partial charge in [-0.1, -0.05) is 6.07 Å². The minimum Gasteiger partial charge on any atom is -0.493 e. The van der Waals surface area contributed by atoms with E-state index >= 15 is 0 Å². The smallest absolute Gasteiger partial charge is 0.264 e. The van der Waals surface area contributed by atoms with Crippen LogP contribution in [0.25, 0.3) is 0 Å². The van der Waals surface area contributed by atoms with Gasteiger partial charge in [0.05, 0.1) is 46.1 Å². The van der Waals surface area contributed by atoms with Gasteiger partial charge in [-0.25, -0.2) is 8.42 Å². The minimum absolute atomic E-state index is 0.0447. The van der Waals surface area contributed by atoms with Gasteiger partial charge in [0.25, 0.3) is 10.0 Å². The van der Waals surface area contributed by atoms with E-state index in [2.05, 4.69) is 5.32 Å². The summed E-state index contributed by atoms with van der Waals surface area (Å²) in [6.07, 6.45) is 0. The fraction of sp³-hybridized carbons (Fsp3) is 0.321. The van der Waals surface area contributed by atoms with Crippen LogP contribution in [0.3, 0.4) is 0 Å². The van der Waals surface area contributed by atoms with Gasteiger partial charge >= 0.3 is 0 Å². The molecule has 0 aliphatic carbocycles. The van der Waals surface area contributed by atoms with Crippen molar-refractivity contribution in [2.24, 2.45) is 0 Å². The van der Waals surface area contributed by atoms with Crippen molar-refractivity contribution in [2.45, 2.75) is 25.3 Å². The number of carbonyl (C=O) groups is 1. The zero-order valence-electron chi connectivity index (χ0n) is 23.2. The SMILES string of the molecule is COc1ccc(S(=O)(=O)N(CC(=O)NCc2cc(OC)c(OC)c(OC)c2)c2cc(C)cc(C)c2)cc1OC. The molecular weight excluding hydrogens is 524 g/mol. The third-order valence-corrected chi connectivity index (χ3v) is 7.71. The monoisotopic (exact) mass is 558 g/mol. The molecule has 3 aromatic rings. The Kier molecular flexibility index (Phi) is 9.52. The van der Waals surface area contributed by atoms with E-state index in [1.165, 1.54) is 53.7 Å². The van der Waals surface area contributed by atoms with Crippen molar-refractivity contribution in [3.05, 3.63) is 65.2 Å². The van der Waals surface area contributed by atoms with Crippen LogP contribution in [0.5, 0.6) is 28.7 Å². The van der Waals surface area contributed by atoms with Gasteiger partial charge in [-0.2, -0.15) is 0 Å². The van der Waals surface area contributed by atoms with Crippen LogP contribution in [-0.2, 0) is 21.4 Å². The Bertz CT molecular complexity index is 1390.